The average molecular weight is 464 g/mol. The van der Waals surface area contributed by atoms with Gasteiger partial charge in [-0.05, 0) is 38.1 Å². The molecule has 0 radical (unpaired) electrons. The normalized spacial score (nSPS) is 11.9. The number of hydrogen-bond acceptors (Lipinski definition) is 4. The fourth-order valence-electron chi connectivity index (χ4n) is 2.03. The lowest BCUT2D eigenvalue weighted by Crippen LogP contribution is -2.44. The van der Waals surface area contributed by atoms with E-state index in [4.69, 9.17) is 9.47 Å². The highest BCUT2D eigenvalue weighted by atomic mass is 127. The van der Waals surface area contributed by atoms with Crippen LogP contribution in [0.2, 0.25) is 0 Å². The Labute approximate surface area is 167 Å². The van der Waals surface area contributed by atoms with Crippen molar-refractivity contribution in [3.05, 3.63) is 29.8 Å². The fourth-order valence-corrected chi connectivity index (χ4v) is 2.03. The van der Waals surface area contributed by atoms with E-state index in [-0.39, 0.29) is 35.9 Å². The van der Waals surface area contributed by atoms with Gasteiger partial charge >= 0.3 is 0 Å². The lowest BCUT2D eigenvalue weighted by atomic mass is 10.2. The minimum absolute atomic E-state index is 0. The Bertz CT molecular complexity index is 523. The van der Waals surface area contributed by atoms with Gasteiger partial charge in [0.25, 0.3) is 5.91 Å². The van der Waals surface area contributed by atoms with E-state index in [0.717, 1.165) is 12.3 Å². The molecule has 0 aliphatic heterocycles. The van der Waals surface area contributed by atoms with Crippen molar-refractivity contribution < 1.29 is 14.3 Å². The number of aliphatic imine (C=N–C) groups is 1. The van der Waals surface area contributed by atoms with Crippen LogP contribution in [0.3, 0.4) is 0 Å². The third kappa shape index (κ3) is 9.49. The standard InChI is InChI=1S/C17H28N4O3.HI/c1-5-18-17(21-13(2)12-23-3)20-11-10-19-16(22)14-6-8-15(24-4)9-7-14;/h6-9,13H,5,10-12H2,1-4H3,(H,19,22)(H2,18,20,21);1H. The molecule has 1 atom stereocenters. The van der Waals surface area contributed by atoms with Crippen LogP contribution in [0, 0.1) is 0 Å². The van der Waals surface area contributed by atoms with Crippen molar-refractivity contribution in [2.75, 3.05) is 40.5 Å². The van der Waals surface area contributed by atoms with E-state index in [2.05, 4.69) is 20.9 Å². The molecule has 0 bridgehead atoms. The number of carbonyl (C=O) groups excluding carboxylic acids is 1. The summed E-state index contributed by atoms with van der Waals surface area (Å²) in [5.74, 6) is 1.31. The minimum atomic E-state index is -0.126. The van der Waals surface area contributed by atoms with Crippen molar-refractivity contribution in [3.8, 4) is 5.75 Å². The second-order valence-electron chi connectivity index (χ2n) is 5.25. The van der Waals surface area contributed by atoms with Crippen molar-refractivity contribution in [1.29, 1.82) is 0 Å². The first-order valence-electron chi connectivity index (χ1n) is 8.06. The molecule has 0 heterocycles. The number of halogens is 1. The van der Waals surface area contributed by atoms with E-state index in [0.29, 0.717) is 31.2 Å². The van der Waals surface area contributed by atoms with Gasteiger partial charge in [0.05, 0.1) is 20.3 Å². The molecule has 7 nitrogen and oxygen atoms in total. The Morgan fingerprint density at radius 1 is 1.20 bits per heavy atom. The predicted octanol–water partition coefficient (Wildman–Crippen LogP) is 1.63. The molecule has 0 aliphatic rings. The van der Waals surface area contributed by atoms with Crippen LogP contribution in [-0.4, -0.2) is 58.4 Å². The summed E-state index contributed by atoms with van der Waals surface area (Å²) in [5.41, 5.74) is 0.596. The SMILES string of the molecule is CCNC(=NCCNC(=O)c1ccc(OC)cc1)NC(C)COC.I. The Kier molecular flexibility index (Phi) is 12.9. The largest absolute Gasteiger partial charge is 0.497 e. The number of amides is 1. The van der Waals surface area contributed by atoms with Gasteiger partial charge in [0.15, 0.2) is 5.96 Å². The Morgan fingerprint density at radius 2 is 1.88 bits per heavy atom. The van der Waals surface area contributed by atoms with Crippen molar-refractivity contribution >= 4 is 35.8 Å². The topological polar surface area (TPSA) is 84.0 Å². The lowest BCUT2D eigenvalue weighted by molar-refractivity contribution is 0.0955. The number of nitrogens with zero attached hydrogens (tertiary/aromatic N) is 1. The zero-order valence-corrected chi connectivity index (χ0v) is 17.6. The molecular weight excluding hydrogens is 435 g/mol. The molecule has 3 N–H and O–H groups in total. The Hall–Kier alpha value is -1.55. The van der Waals surface area contributed by atoms with Crippen LogP contribution in [-0.2, 0) is 4.74 Å². The number of methoxy groups -OCH3 is 2. The van der Waals surface area contributed by atoms with E-state index < -0.39 is 0 Å². The van der Waals surface area contributed by atoms with Crippen LogP contribution in [0.4, 0.5) is 0 Å². The van der Waals surface area contributed by atoms with Gasteiger partial charge in [-0.1, -0.05) is 0 Å². The molecule has 0 aromatic heterocycles. The van der Waals surface area contributed by atoms with Crippen molar-refractivity contribution in [2.45, 2.75) is 19.9 Å². The molecule has 0 fully saturated rings. The van der Waals surface area contributed by atoms with Crippen LogP contribution in [0.15, 0.2) is 29.3 Å². The van der Waals surface area contributed by atoms with Gasteiger partial charge in [-0.2, -0.15) is 0 Å². The summed E-state index contributed by atoms with van der Waals surface area (Å²) in [6.45, 7) is 6.32. The Morgan fingerprint density at radius 3 is 2.44 bits per heavy atom. The average Bonchev–Trinajstić information content (AvgIpc) is 2.59. The molecule has 25 heavy (non-hydrogen) atoms. The maximum absolute atomic E-state index is 12.0. The molecule has 1 unspecified atom stereocenters. The smallest absolute Gasteiger partial charge is 0.251 e. The van der Waals surface area contributed by atoms with E-state index in [1.165, 1.54) is 0 Å². The third-order valence-electron chi connectivity index (χ3n) is 3.16. The lowest BCUT2D eigenvalue weighted by Gasteiger charge is -2.17. The van der Waals surface area contributed by atoms with E-state index in [1.54, 1.807) is 38.5 Å². The van der Waals surface area contributed by atoms with Crippen LogP contribution >= 0.6 is 24.0 Å². The van der Waals surface area contributed by atoms with Gasteiger partial charge in [0, 0.05) is 31.8 Å². The predicted molar refractivity (Wildman–Crippen MR) is 111 cm³/mol. The quantitative estimate of drug-likeness (QED) is 0.224. The summed E-state index contributed by atoms with van der Waals surface area (Å²) in [5, 5.41) is 9.25. The maximum Gasteiger partial charge on any atom is 0.251 e. The molecule has 0 aliphatic carbocycles. The number of guanidine groups is 1. The number of carbonyl (C=O) groups is 1. The molecule has 0 saturated heterocycles. The zero-order chi connectivity index (χ0) is 17.8. The second-order valence-corrected chi connectivity index (χ2v) is 5.25. The summed E-state index contributed by atoms with van der Waals surface area (Å²) in [4.78, 5) is 16.5. The summed E-state index contributed by atoms with van der Waals surface area (Å²) in [6, 6.07) is 7.14. The van der Waals surface area contributed by atoms with Crippen LogP contribution in [0.25, 0.3) is 0 Å². The van der Waals surface area contributed by atoms with Crippen molar-refractivity contribution in [1.82, 2.24) is 16.0 Å². The molecule has 8 heteroatoms. The Balaban J connectivity index is 0.00000576. The van der Waals surface area contributed by atoms with E-state index >= 15 is 0 Å². The molecular formula is C17H29IN4O3. The first kappa shape index (κ1) is 23.4. The highest BCUT2D eigenvalue weighted by Crippen LogP contribution is 2.10. The summed E-state index contributed by atoms with van der Waals surface area (Å²) in [6.07, 6.45) is 0. The van der Waals surface area contributed by atoms with Crippen molar-refractivity contribution in [2.24, 2.45) is 4.99 Å². The minimum Gasteiger partial charge on any atom is -0.497 e. The van der Waals surface area contributed by atoms with Crippen molar-refractivity contribution in [3.63, 3.8) is 0 Å². The number of benzene rings is 1. The third-order valence-corrected chi connectivity index (χ3v) is 3.16. The summed E-state index contributed by atoms with van der Waals surface area (Å²) >= 11 is 0. The highest BCUT2D eigenvalue weighted by Gasteiger charge is 2.06. The first-order valence-corrected chi connectivity index (χ1v) is 8.06. The van der Waals surface area contributed by atoms with E-state index in [1.807, 2.05) is 13.8 Å². The maximum atomic E-state index is 12.0. The van der Waals surface area contributed by atoms with Gasteiger partial charge in [0.1, 0.15) is 5.75 Å². The molecule has 142 valence electrons. The number of ether oxygens (including phenoxy) is 2. The molecule has 0 spiro atoms. The number of hydrogen-bond donors (Lipinski definition) is 3. The second kappa shape index (κ2) is 13.7. The molecule has 1 amide bonds. The number of nitrogens with one attached hydrogen (secondary N) is 3. The fraction of sp³-hybridized carbons (Fsp3) is 0.529. The van der Waals surface area contributed by atoms with Gasteiger partial charge in [0.2, 0.25) is 0 Å². The summed E-state index contributed by atoms with van der Waals surface area (Å²) < 4.78 is 10.2. The molecule has 0 saturated carbocycles. The van der Waals surface area contributed by atoms with Crippen LogP contribution < -0.4 is 20.7 Å². The monoisotopic (exact) mass is 464 g/mol. The first-order chi connectivity index (χ1) is 11.6. The zero-order valence-electron chi connectivity index (χ0n) is 15.3. The van der Waals surface area contributed by atoms with Crippen LogP contribution in [0.5, 0.6) is 5.75 Å². The van der Waals surface area contributed by atoms with Gasteiger partial charge in [-0.25, -0.2) is 0 Å². The molecule has 1 aromatic rings. The molecule has 1 aromatic carbocycles. The van der Waals surface area contributed by atoms with Gasteiger partial charge in [-0.15, -0.1) is 24.0 Å². The highest BCUT2D eigenvalue weighted by molar-refractivity contribution is 14.0. The van der Waals surface area contributed by atoms with Gasteiger partial charge < -0.3 is 25.4 Å². The summed E-state index contributed by atoms with van der Waals surface area (Å²) in [7, 11) is 3.26. The van der Waals surface area contributed by atoms with Gasteiger partial charge in [-0.3, -0.25) is 9.79 Å². The van der Waals surface area contributed by atoms with E-state index in [9.17, 15) is 4.79 Å². The molecule has 1 rings (SSSR count). The number of rotatable bonds is 9. The van der Waals surface area contributed by atoms with Crippen LogP contribution in [0.1, 0.15) is 24.2 Å².